The zero-order valence-electron chi connectivity index (χ0n) is 18.3. The second kappa shape index (κ2) is 10.1. The molecule has 9 heteroatoms. The first-order chi connectivity index (χ1) is 16.0. The molecule has 3 aromatic rings. The maximum atomic E-state index is 13.3. The molecule has 0 saturated carbocycles. The van der Waals surface area contributed by atoms with Gasteiger partial charge in [-0.2, -0.15) is 4.98 Å². The van der Waals surface area contributed by atoms with Crippen molar-refractivity contribution in [2.24, 2.45) is 0 Å². The average molecular weight is 471 g/mol. The number of rotatable bonds is 8. The highest BCUT2D eigenvalue weighted by Crippen LogP contribution is 2.38. The van der Waals surface area contributed by atoms with E-state index >= 15 is 0 Å². The first-order valence-electron chi connectivity index (χ1n) is 10.7. The summed E-state index contributed by atoms with van der Waals surface area (Å²) >= 11 is 6.22. The SMILES string of the molecule is CCOCCCN1C(=O)NC(c2cccc(Cl)c2)C(c2nc(-c3ccc(F)cc3)no2)=C1C. The second-order valence-electron chi connectivity index (χ2n) is 7.57. The number of amides is 2. The molecule has 1 aliphatic rings. The number of aromatic nitrogens is 2. The topological polar surface area (TPSA) is 80.5 Å². The number of ether oxygens (including phenoxy) is 1. The van der Waals surface area contributed by atoms with Crippen LogP contribution in [0.3, 0.4) is 0 Å². The van der Waals surface area contributed by atoms with Crippen molar-refractivity contribution >= 4 is 23.2 Å². The molecule has 172 valence electrons. The van der Waals surface area contributed by atoms with Gasteiger partial charge in [0.1, 0.15) is 5.82 Å². The van der Waals surface area contributed by atoms with Crippen LogP contribution in [0.4, 0.5) is 9.18 Å². The Kier molecular flexibility index (Phi) is 7.05. The molecule has 4 rings (SSSR count). The summed E-state index contributed by atoms with van der Waals surface area (Å²) in [5.41, 5.74) is 2.79. The van der Waals surface area contributed by atoms with E-state index in [-0.39, 0.29) is 17.7 Å². The molecule has 1 atom stereocenters. The van der Waals surface area contributed by atoms with Crippen LogP contribution in [-0.4, -0.2) is 40.8 Å². The quantitative estimate of drug-likeness (QED) is 0.442. The lowest BCUT2D eigenvalue weighted by atomic mass is 9.94. The van der Waals surface area contributed by atoms with Crippen LogP contribution < -0.4 is 5.32 Å². The molecule has 1 N–H and O–H groups in total. The van der Waals surface area contributed by atoms with Gasteiger partial charge < -0.3 is 14.6 Å². The van der Waals surface area contributed by atoms with Gasteiger partial charge in [0, 0.05) is 36.0 Å². The summed E-state index contributed by atoms with van der Waals surface area (Å²) in [6.45, 7) is 5.43. The number of nitrogens with zero attached hydrogens (tertiary/aromatic N) is 3. The van der Waals surface area contributed by atoms with E-state index in [2.05, 4.69) is 15.5 Å². The summed E-state index contributed by atoms with van der Waals surface area (Å²) < 4.78 is 24.3. The first kappa shape index (κ1) is 22.9. The highest BCUT2D eigenvalue weighted by molar-refractivity contribution is 6.30. The number of hydrogen-bond donors (Lipinski definition) is 1. The Morgan fingerprint density at radius 3 is 2.76 bits per heavy atom. The van der Waals surface area contributed by atoms with Gasteiger partial charge in [-0.25, -0.2) is 9.18 Å². The van der Waals surface area contributed by atoms with Crippen molar-refractivity contribution in [1.29, 1.82) is 0 Å². The molecule has 0 aliphatic carbocycles. The smallest absolute Gasteiger partial charge is 0.322 e. The van der Waals surface area contributed by atoms with Crippen molar-refractivity contribution in [2.75, 3.05) is 19.8 Å². The highest BCUT2D eigenvalue weighted by atomic mass is 35.5. The van der Waals surface area contributed by atoms with Gasteiger partial charge in [-0.1, -0.05) is 28.9 Å². The molecule has 33 heavy (non-hydrogen) atoms. The van der Waals surface area contributed by atoms with E-state index in [0.717, 1.165) is 5.56 Å². The fourth-order valence-electron chi connectivity index (χ4n) is 3.78. The van der Waals surface area contributed by atoms with E-state index in [1.807, 2.05) is 26.0 Å². The Bertz CT molecular complexity index is 1160. The second-order valence-corrected chi connectivity index (χ2v) is 8.01. The summed E-state index contributed by atoms with van der Waals surface area (Å²) in [5, 5.41) is 7.67. The molecule has 2 heterocycles. The third-order valence-electron chi connectivity index (χ3n) is 5.41. The number of benzene rings is 2. The van der Waals surface area contributed by atoms with Crippen molar-refractivity contribution in [1.82, 2.24) is 20.4 Å². The van der Waals surface area contributed by atoms with Gasteiger partial charge in [0.15, 0.2) is 0 Å². The van der Waals surface area contributed by atoms with Crippen LogP contribution in [0, 0.1) is 5.82 Å². The fraction of sp³-hybridized carbons (Fsp3) is 0.292. The van der Waals surface area contributed by atoms with Gasteiger partial charge in [0.25, 0.3) is 5.89 Å². The molecular formula is C24H24ClFN4O3. The van der Waals surface area contributed by atoms with Crippen LogP contribution in [0.15, 0.2) is 58.8 Å². The Labute approximate surface area is 196 Å². The Morgan fingerprint density at radius 2 is 2.03 bits per heavy atom. The molecule has 7 nitrogen and oxygen atoms in total. The molecule has 0 radical (unpaired) electrons. The maximum Gasteiger partial charge on any atom is 0.322 e. The van der Waals surface area contributed by atoms with Gasteiger partial charge >= 0.3 is 6.03 Å². The molecule has 1 aromatic heterocycles. The monoisotopic (exact) mass is 470 g/mol. The molecule has 1 unspecified atom stereocenters. The zero-order valence-corrected chi connectivity index (χ0v) is 19.1. The fourth-order valence-corrected chi connectivity index (χ4v) is 3.98. The van der Waals surface area contributed by atoms with Crippen molar-refractivity contribution in [3.63, 3.8) is 0 Å². The van der Waals surface area contributed by atoms with E-state index in [9.17, 15) is 9.18 Å². The van der Waals surface area contributed by atoms with Crippen LogP contribution in [0.25, 0.3) is 17.0 Å². The lowest BCUT2D eigenvalue weighted by Crippen LogP contribution is -2.46. The van der Waals surface area contributed by atoms with E-state index in [4.69, 9.17) is 20.9 Å². The average Bonchev–Trinajstić information content (AvgIpc) is 3.28. The van der Waals surface area contributed by atoms with Gasteiger partial charge in [-0.05, 0) is 62.2 Å². The van der Waals surface area contributed by atoms with Crippen molar-refractivity contribution in [3.8, 4) is 11.4 Å². The number of allylic oxidation sites excluding steroid dienone is 1. The predicted molar refractivity (Wildman–Crippen MR) is 123 cm³/mol. The summed E-state index contributed by atoms with van der Waals surface area (Å²) in [6.07, 6.45) is 0.679. The number of nitrogens with one attached hydrogen (secondary N) is 1. The Hall–Kier alpha value is -3.23. The highest BCUT2D eigenvalue weighted by Gasteiger charge is 2.35. The van der Waals surface area contributed by atoms with Gasteiger partial charge in [0.2, 0.25) is 5.82 Å². The van der Waals surface area contributed by atoms with E-state index in [1.165, 1.54) is 12.1 Å². The summed E-state index contributed by atoms with van der Waals surface area (Å²) in [6, 6.07) is 12.4. The normalized spacial score (nSPS) is 16.3. The summed E-state index contributed by atoms with van der Waals surface area (Å²) in [7, 11) is 0. The third kappa shape index (κ3) is 5.07. The minimum Gasteiger partial charge on any atom is -0.382 e. The maximum absolute atomic E-state index is 13.3. The number of halogens is 2. The number of urea groups is 1. The van der Waals surface area contributed by atoms with Crippen LogP contribution in [0.5, 0.6) is 0 Å². The third-order valence-corrected chi connectivity index (χ3v) is 5.65. The first-order valence-corrected chi connectivity index (χ1v) is 11.1. The summed E-state index contributed by atoms with van der Waals surface area (Å²) in [4.78, 5) is 19.2. The molecule has 0 spiro atoms. The molecule has 1 aliphatic heterocycles. The van der Waals surface area contributed by atoms with Crippen LogP contribution in [-0.2, 0) is 4.74 Å². The van der Waals surface area contributed by atoms with Crippen molar-refractivity contribution in [3.05, 3.63) is 76.5 Å². The Morgan fingerprint density at radius 1 is 1.24 bits per heavy atom. The van der Waals surface area contributed by atoms with Gasteiger partial charge in [-0.3, -0.25) is 4.90 Å². The van der Waals surface area contributed by atoms with Crippen LogP contribution in [0.1, 0.15) is 37.8 Å². The minimum absolute atomic E-state index is 0.226. The molecule has 0 bridgehead atoms. The van der Waals surface area contributed by atoms with Gasteiger partial charge in [-0.15, -0.1) is 0 Å². The van der Waals surface area contributed by atoms with E-state index in [0.29, 0.717) is 53.9 Å². The molecule has 0 saturated heterocycles. The lowest BCUT2D eigenvalue weighted by Gasteiger charge is -2.35. The minimum atomic E-state index is -0.527. The zero-order chi connectivity index (χ0) is 23.4. The molecule has 2 amide bonds. The number of carbonyl (C=O) groups is 1. The standard InChI is InChI=1S/C24H24ClFN4O3/c1-3-32-13-5-12-30-15(2)20(21(27-24(30)31)17-6-4-7-18(25)14-17)23-28-22(29-33-23)16-8-10-19(26)11-9-16/h4,6-11,14,21H,3,5,12-13H2,1-2H3,(H,27,31). The van der Waals surface area contributed by atoms with E-state index in [1.54, 1.807) is 29.2 Å². The van der Waals surface area contributed by atoms with Crippen LogP contribution in [0.2, 0.25) is 5.02 Å². The summed E-state index contributed by atoms with van der Waals surface area (Å²) in [5.74, 6) is 0.251. The Balaban J connectivity index is 1.74. The predicted octanol–water partition coefficient (Wildman–Crippen LogP) is 5.45. The van der Waals surface area contributed by atoms with Gasteiger partial charge in [0.05, 0.1) is 11.6 Å². The lowest BCUT2D eigenvalue weighted by molar-refractivity contribution is 0.136. The molecule has 2 aromatic carbocycles. The van der Waals surface area contributed by atoms with Crippen LogP contribution >= 0.6 is 11.6 Å². The van der Waals surface area contributed by atoms with Crippen molar-refractivity contribution < 1.29 is 18.4 Å². The molecular weight excluding hydrogens is 447 g/mol. The van der Waals surface area contributed by atoms with Crippen molar-refractivity contribution in [2.45, 2.75) is 26.3 Å². The molecule has 0 fully saturated rings. The number of hydrogen-bond acceptors (Lipinski definition) is 5. The largest absolute Gasteiger partial charge is 0.382 e. The number of carbonyl (C=O) groups excluding carboxylic acids is 1. The van der Waals surface area contributed by atoms with E-state index < -0.39 is 6.04 Å².